The average Bonchev–Trinajstić information content (AvgIpc) is 2.44. The van der Waals surface area contributed by atoms with Crippen molar-refractivity contribution in [1.29, 1.82) is 0 Å². The Kier molecular flexibility index (Phi) is 4.25. The van der Waals surface area contributed by atoms with Crippen LogP contribution in [0.2, 0.25) is 0 Å². The van der Waals surface area contributed by atoms with Crippen LogP contribution in [-0.2, 0) is 16.0 Å². The number of rotatable bonds is 4. The van der Waals surface area contributed by atoms with Crippen LogP contribution < -0.4 is 5.32 Å². The summed E-state index contributed by atoms with van der Waals surface area (Å²) in [4.78, 5) is 24.5. The second-order valence-electron chi connectivity index (χ2n) is 4.38. The molecule has 1 heterocycles. The van der Waals surface area contributed by atoms with Crippen molar-refractivity contribution in [3.8, 4) is 0 Å². The Labute approximate surface area is 120 Å². The van der Waals surface area contributed by atoms with Crippen molar-refractivity contribution in [2.45, 2.75) is 17.8 Å². The van der Waals surface area contributed by atoms with E-state index in [4.69, 9.17) is 11.6 Å². The van der Waals surface area contributed by atoms with Crippen LogP contribution in [0.1, 0.15) is 5.56 Å². The minimum atomic E-state index is -2.79. The molecule has 0 saturated carbocycles. The number of hydrogen-bond acceptors (Lipinski definition) is 3. The van der Waals surface area contributed by atoms with Gasteiger partial charge in [-0.3, -0.25) is 9.69 Å². The number of nitrogens with zero attached hydrogens (tertiary/aromatic N) is 1. The summed E-state index contributed by atoms with van der Waals surface area (Å²) in [5.74, 6) is -1.11. The molecule has 1 aromatic carbocycles. The van der Waals surface area contributed by atoms with Gasteiger partial charge in [0.15, 0.2) is 6.23 Å². The molecule has 0 spiro atoms. The minimum Gasteiger partial charge on any atom is -0.356 e. The van der Waals surface area contributed by atoms with Crippen LogP contribution in [0.4, 0.5) is 9.18 Å². The summed E-state index contributed by atoms with van der Waals surface area (Å²) in [5, 5.41) is -0.582. The van der Waals surface area contributed by atoms with Gasteiger partial charge in [-0.1, -0.05) is 41.9 Å². The van der Waals surface area contributed by atoms with Crippen molar-refractivity contribution in [2.75, 3.05) is 13.7 Å². The lowest BCUT2D eigenvalue weighted by molar-refractivity contribution is -0.148. The lowest BCUT2D eigenvalue weighted by Crippen LogP contribution is -2.66. The van der Waals surface area contributed by atoms with Crippen LogP contribution in [0.5, 0.6) is 0 Å². The summed E-state index contributed by atoms with van der Waals surface area (Å²) in [6, 6.07) is 8.54. The molecule has 0 unspecified atom stereocenters. The monoisotopic (exact) mass is 300 g/mol. The van der Waals surface area contributed by atoms with Crippen LogP contribution in [0, 0.1) is 0 Å². The molecule has 1 aromatic rings. The smallest absolute Gasteiger partial charge is 0.326 e. The molecule has 1 saturated heterocycles. The average molecular weight is 301 g/mol. The fourth-order valence-corrected chi connectivity index (χ4v) is 2.21. The minimum absolute atomic E-state index is 0.0451. The van der Waals surface area contributed by atoms with Crippen LogP contribution in [0.3, 0.4) is 0 Å². The maximum Gasteiger partial charge on any atom is 0.326 e. The first-order valence-corrected chi connectivity index (χ1v) is 6.41. The summed E-state index contributed by atoms with van der Waals surface area (Å²) >= 11 is 5.53. The first-order chi connectivity index (χ1) is 9.46. The highest BCUT2D eigenvalue weighted by molar-refractivity contribution is 6.35. The van der Waals surface area contributed by atoms with Gasteiger partial charge in [0.2, 0.25) is 0 Å². The van der Waals surface area contributed by atoms with E-state index in [-0.39, 0.29) is 6.54 Å². The highest BCUT2D eigenvalue weighted by Gasteiger charge is 2.54. The summed E-state index contributed by atoms with van der Waals surface area (Å²) < 4.78 is 18.8. The van der Waals surface area contributed by atoms with Crippen molar-refractivity contribution in [3.63, 3.8) is 0 Å². The molecule has 5 nitrogen and oxygen atoms in total. The lowest BCUT2D eigenvalue weighted by Gasteiger charge is -2.37. The first kappa shape index (κ1) is 14.7. The molecule has 1 aliphatic rings. The normalized spacial score (nSPS) is 26.6. The van der Waals surface area contributed by atoms with E-state index in [0.29, 0.717) is 6.42 Å². The van der Waals surface area contributed by atoms with Gasteiger partial charge in [0.25, 0.3) is 5.91 Å². The lowest BCUT2D eigenvalue weighted by atomic mass is 10.1. The highest BCUT2D eigenvalue weighted by Crippen LogP contribution is 2.29. The molecular weight excluding hydrogens is 287 g/mol. The number of imide groups is 1. The number of benzene rings is 1. The molecule has 20 heavy (non-hydrogen) atoms. The van der Waals surface area contributed by atoms with Gasteiger partial charge in [0.1, 0.15) is 0 Å². The number of ether oxygens (including phenoxy) is 1. The van der Waals surface area contributed by atoms with Crippen LogP contribution in [0.15, 0.2) is 30.3 Å². The molecule has 2 atom stereocenters. The van der Waals surface area contributed by atoms with Gasteiger partial charge in [0.05, 0.1) is 0 Å². The maximum absolute atomic E-state index is 14.1. The highest BCUT2D eigenvalue weighted by atomic mass is 35.5. The maximum atomic E-state index is 14.1. The van der Waals surface area contributed by atoms with E-state index < -0.39 is 23.3 Å². The Bertz CT molecular complexity index is 510. The van der Waals surface area contributed by atoms with E-state index >= 15 is 0 Å². The molecule has 7 heteroatoms. The van der Waals surface area contributed by atoms with Gasteiger partial charge < -0.3 is 10.1 Å². The fourth-order valence-electron chi connectivity index (χ4n) is 1.96. The number of hydrogen-bond donors (Lipinski definition) is 1. The zero-order chi connectivity index (χ0) is 14.8. The molecule has 108 valence electrons. The van der Waals surface area contributed by atoms with Gasteiger partial charge in [-0.15, -0.1) is 0 Å². The molecular formula is C13H14ClFN2O3. The third-order valence-electron chi connectivity index (χ3n) is 3.06. The van der Waals surface area contributed by atoms with E-state index in [1.54, 1.807) is 0 Å². The molecule has 3 amide bonds. The van der Waals surface area contributed by atoms with Gasteiger partial charge in [-0.05, 0) is 12.0 Å². The van der Waals surface area contributed by atoms with E-state index in [1.807, 2.05) is 30.3 Å². The van der Waals surface area contributed by atoms with Crippen molar-refractivity contribution in [1.82, 2.24) is 10.2 Å². The molecule has 2 rings (SSSR count). The predicted molar refractivity (Wildman–Crippen MR) is 70.9 cm³/mol. The van der Waals surface area contributed by atoms with Crippen molar-refractivity contribution >= 4 is 23.5 Å². The SMILES string of the molecule is CO[C@H]1NC(=O)N(CCc2ccccc2)C(=O)[C@]1(F)Cl. The molecule has 0 bridgehead atoms. The zero-order valence-electron chi connectivity index (χ0n) is 10.8. The van der Waals surface area contributed by atoms with E-state index in [0.717, 1.165) is 17.6 Å². The van der Waals surface area contributed by atoms with Gasteiger partial charge in [-0.25, -0.2) is 9.18 Å². The molecule has 1 fully saturated rings. The Morgan fingerprint density at radius 2 is 2.05 bits per heavy atom. The number of amides is 3. The molecule has 1 N–H and O–H groups in total. The zero-order valence-corrected chi connectivity index (χ0v) is 11.6. The number of urea groups is 1. The van der Waals surface area contributed by atoms with Crippen molar-refractivity contribution in [2.24, 2.45) is 0 Å². The second-order valence-corrected chi connectivity index (χ2v) is 4.93. The summed E-state index contributed by atoms with van der Waals surface area (Å²) in [5.41, 5.74) is 0.931. The van der Waals surface area contributed by atoms with Crippen molar-refractivity contribution < 1.29 is 18.7 Å². The number of nitrogens with one attached hydrogen (secondary N) is 1. The number of halogens is 2. The molecule has 1 aliphatic heterocycles. The summed E-state index contributed by atoms with van der Waals surface area (Å²) in [6.45, 7) is 0.0451. The first-order valence-electron chi connectivity index (χ1n) is 6.04. The van der Waals surface area contributed by atoms with Gasteiger partial charge in [-0.2, -0.15) is 0 Å². The standard InChI is InChI=1S/C13H14ClFN2O3/c1-20-10-13(14,15)11(18)17(12(19)16-10)8-7-9-5-3-2-4-6-9/h2-6,10H,7-8H2,1H3,(H,16,19)/t10-,13+/m1/s1. The predicted octanol–water partition coefficient (Wildman–Crippen LogP) is 1.66. The third-order valence-corrected chi connectivity index (χ3v) is 3.42. The number of carbonyl (C=O) groups excluding carboxylic acids is 2. The molecule has 0 aliphatic carbocycles. The quantitative estimate of drug-likeness (QED) is 0.860. The topological polar surface area (TPSA) is 58.6 Å². The van der Waals surface area contributed by atoms with E-state index in [1.165, 1.54) is 0 Å². The summed E-state index contributed by atoms with van der Waals surface area (Å²) in [7, 11) is 1.16. The Balaban J connectivity index is 2.08. The number of methoxy groups -OCH3 is 1. The van der Waals surface area contributed by atoms with Crippen molar-refractivity contribution in [3.05, 3.63) is 35.9 Å². The number of alkyl halides is 2. The number of carbonyl (C=O) groups is 2. The Morgan fingerprint density at radius 1 is 1.40 bits per heavy atom. The third kappa shape index (κ3) is 2.76. The largest absolute Gasteiger partial charge is 0.356 e. The van der Waals surface area contributed by atoms with Crippen LogP contribution >= 0.6 is 11.6 Å². The Morgan fingerprint density at radius 3 is 2.65 bits per heavy atom. The fraction of sp³-hybridized carbons (Fsp3) is 0.385. The van der Waals surface area contributed by atoms with Crippen LogP contribution in [-0.4, -0.2) is 41.8 Å². The van der Waals surface area contributed by atoms with E-state index in [9.17, 15) is 14.0 Å². The molecule has 0 radical (unpaired) electrons. The van der Waals surface area contributed by atoms with Gasteiger partial charge >= 0.3 is 11.2 Å². The van der Waals surface area contributed by atoms with Crippen LogP contribution in [0.25, 0.3) is 0 Å². The Hall–Kier alpha value is -1.66. The van der Waals surface area contributed by atoms with Gasteiger partial charge in [0, 0.05) is 13.7 Å². The molecule has 0 aromatic heterocycles. The second kappa shape index (κ2) is 5.76. The van der Waals surface area contributed by atoms with E-state index in [2.05, 4.69) is 10.1 Å². The summed E-state index contributed by atoms with van der Waals surface area (Å²) in [6.07, 6.45) is -1.07.